The number of hydrogen-bond donors (Lipinski definition) is 1. The Morgan fingerprint density at radius 1 is 1.71 bits per heavy atom. The van der Waals surface area contributed by atoms with Gasteiger partial charge in [0.25, 0.3) is 0 Å². The zero-order chi connectivity index (χ0) is 10.4. The van der Waals surface area contributed by atoms with Gasteiger partial charge in [-0.2, -0.15) is 0 Å². The molecule has 2 unspecified atom stereocenters. The average Bonchev–Trinajstić information content (AvgIpc) is 2.66. The van der Waals surface area contributed by atoms with Gasteiger partial charge in [0.15, 0.2) is 0 Å². The van der Waals surface area contributed by atoms with Crippen LogP contribution < -0.4 is 5.32 Å². The van der Waals surface area contributed by atoms with Crippen LogP contribution in [-0.2, 0) is 4.74 Å². The molecule has 0 amide bonds. The summed E-state index contributed by atoms with van der Waals surface area (Å²) in [6.45, 7) is 6.03. The van der Waals surface area contributed by atoms with Gasteiger partial charge in [0.05, 0.1) is 12.6 Å². The molecule has 1 saturated heterocycles. The minimum absolute atomic E-state index is 0.421. The molecule has 0 aromatic heterocycles. The van der Waals surface area contributed by atoms with E-state index in [1.807, 2.05) is 0 Å². The molecule has 1 aliphatic rings. The molecule has 0 saturated carbocycles. The van der Waals surface area contributed by atoms with Gasteiger partial charge in [0.1, 0.15) is 0 Å². The number of rotatable bonds is 5. The molecule has 3 nitrogen and oxygen atoms in total. The lowest BCUT2D eigenvalue weighted by Gasteiger charge is -2.24. The average molecular weight is 196 g/mol. The van der Waals surface area contributed by atoms with Gasteiger partial charge in [-0.1, -0.05) is 5.92 Å². The van der Waals surface area contributed by atoms with Gasteiger partial charge >= 0.3 is 0 Å². The summed E-state index contributed by atoms with van der Waals surface area (Å²) in [5, 5.41) is 3.23. The lowest BCUT2D eigenvalue weighted by atomic mass is 10.3. The third-order valence-corrected chi connectivity index (χ3v) is 2.80. The van der Waals surface area contributed by atoms with Gasteiger partial charge in [-0.15, -0.1) is 6.42 Å². The third kappa shape index (κ3) is 3.30. The number of hydrogen-bond acceptors (Lipinski definition) is 3. The smallest absolute Gasteiger partial charge is 0.0710 e. The predicted molar refractivity (Wildman–Crippen MR) is 58.2 cm³/mol. The Kier molecular flexibility index (Phi) is 4.95. The van der Waals surface area contributed by atoms with Crippen LogP contribution in [0.2, 0.25) is 0 Å². The monoisotopic (exact) mass is 196 g/mol. The van der Waals surface area contributed by atoms with Crippen molar-refractivity contribution in [3.05, 3.63) is 0 Å². The molecule has 80 valence electrons. The second-order valence-corrected chi connectivity index (χ2v) is 3.83. The third-order valence-electron chi connectivity index (χ3n) is 2.80. The Balaban J connectivity index is 2.18. The van der Waals surface area contributed by atoms with Crippen molar-refractivity contribution >= 4 is 0 Å². The lowest BCUT2D eigenvalue weighted by molar-refractivity contribution is 0.102. The molecule has 0 aliphatic carbocycles. The lowest BCUT2D eigenvalue weighted by Crippen LogP contribution is -2.39. The maximum atomic E-state index is 5.32. The molecule has 1 N–H and O–H groups in total. The van der Waals surface area contributed by atoms with E-state index in [1.165, 1.54) is 0 Å². The number of terminal acetylenes is 1. The van der Waals surface area contributed by atoms with Crippen molar-refractivity contribution in [1.82, 2.24) is 10.2 Å². The molecule has 14 heavy (non-hydrogen) atoms. The van der Waals surface area contributed by atoms with Gasteiger partial charge in [0, 0.05) is 32.8 Å². The first-order valence-electron chi connectivity index (χ1n) is 5.19. The van der Waals surface area contributed by atoms with Crippen molar-refractivity contribution in [2.75, 3.05) is 33.3 Å². The molecule has 3 heteroatoms. The van der Waals surface area contributed by atoms with Gasteiger partial charge in [0.2, 0.25) is 0 Å². The van der Waals surface area contributed by atoms with E-state index in [-0.39, 0.29) is 0 Å². The first-order chi connectivity index (χ1) is 6.77. The minimum atomic E-state index is 0.421. The van der Waals surface area contributed by atoms with Crippen molar-refractivity contribution in [1.29, 1.82) is 0 Å². The van der Waals surface area contributed by atoms with E-state index in [0.717, 1.165) is 26.1 Å². The van der Waals surface area contributed by atoms with Crippen LogP contribution in [0.15, 0.2) is 0 Å². The number of methoxy groups -OCH3 is 1. The molecule has 0 spiro atoms. The normalized spacial score (nSPS) is 24.8. The molecular weight excluding hydrogens is 176 g/mol. The van der Waals surface area contributed by atoms with E-state index in [9.17, 15) is 0 Å². The second kappa shape index (κ2) is 6.02. The zero-order valence-electron chi connectivity index (χ0n) is 9.12. The molecule has 1 rings (SSSR count). The van der Waals surface area contributed by atoms with Crippen LogP contribution in [0.25, 0.3) is 0 Å². The molecular formula is C11H20N2O. The molecule has 1 aliphatic heterocycles. The summed E-state index contributed by atoms with van der Waals surface area (Å²) in [5.41, 5.74) is 0. The first kappa shape index (κ1) is 11.5. The van der Waals surface area contributed by atoms with Crippen LogP contribution in [0.1, 0.15) is 13.3 Å². The Morgan fingerprint density at radius 3 is 3.07 bits per heavy atom. The number of nitrogens with one attached hydrogen (secondary N) is 1. The van der Waals surface area contributed by atoms with Crippen molar-refractivity contribution in [2.45, 2.75) is 25.5 Å². The highest BCUT2D eigenvalue weighted by atomic mass is 16.5. The molecule has 0 aromatic carbocycles. The Bertz CT molecular complexity index is 200. The highest BCUT2D eigenvalue weighted by Gasteiger charge is 2.25. The molecule has 1 fully saturated rings. The van der Waals surface area contributed by atoms with Crippen LogP contribution in [-0.4, -0.2) is 50.3 Å². The SMILES string of the molecule is C#CCNCC(C)N1CCC(OC)C1. The fourth-order valence-electron chi connectivity index (χ4n) is 1.83. The number of ether oxygens (including phenoxy) is 1. The summed E-state index contributed by atoms with van der Waals surface area (Å²) < 4.78 is 5.32. The van der Waals surface area contributed by atoms with E-state index in [1.54, 1.807) is 7.11 Å². The van der Waals surface area contributed by atoms with Crippen molar-refractivity contribution < 1.29 is 4.74 Å². The summed E-state index contributed by atoms with van der Waals surface area (Å²) >= 11 is 0. The Hall–Kier alpha value is -0.560. The summed E-state index contributed by atoms with van der Waals surface area (Å²) in [4.78, 5) is 2.44. The molecule has 1 heterocycles. The van der Waals surface area contributed by atoms with Gasteiger partial charge in [-0.05, 0) is 13.3 Å². The van der Waals surface area contributed by atoms with E-state index < -0.39 is 0 Å². The maximum absolute atomic E-state index is 5.32. The molecule has 0 radical (unpaired) electrons. The zero-order valence-corrected chi connectivity index (χ0v) is 9.12. The van der Waals surface area contributed by atoms with E-state index in [0.29, 0.717) is 18.7 Å². The fourth-order valence-corrected chi connectivity index (χ4v) is 1.83. The van der Waals surface area contributed by atoms with E-state index in [2.05, 4.69) is 23.1 Å². The molecule has 0 bridgehead atoms. The predicted octanol–water partition coefficient (Wildman–Crippen LogP) is 0.318. The number of likely N-dealkylation sites (tertiary alicyclic amines) is 1. The van der Waals surface area contributed by atoms with E-state index in [4.69, 9.17) is 11.2 Å². The van der Waals surface area contributed by atoms with Gasteiger partial charge < -0.3 is 10.1 Å². The van der Waals surface area contributed by atoms with Crippen LogP contribution in [0.3, 0.4) is 0 Å². The van der Waals surface area contributed by atoms with Crippen molar-refractivity contribution in [3.8, 4) is 12.3 Å². The van der Waals surface area contributed by atoms with Crippen LogP contribution in [0, 0.1) is 12.3 Å². The highest BCUT2D eigenvalue weighted by Crippen LogP contribution is 2.14. The number of nitrogens with zero attached hydrogens (tertiary/aromatic N) is 1. The summed E-state index contributed by atoms with van der Waals surface area (Å²) in [6.07, 6.45) is 6.74. The quantitative estimate of drug-likeness (QED) is 0.506. The largest absolute Gasteiger partial charge is 0.380 e. The van der Waals surface area contributed by atoms with Crippen LogP contribution in [0.5, 0.6) is 0 Å². The van der Waals surface area contributed by atoms with Crippen molar-refractivity contribution in [2.24, 2.45) is 0 Å². The topological polar surface area (TPSA) is 24.5 Å². The summed E-state index contributed by atoms with van der Waals surface area (Å²) in [7, 11) is 1.79. The summed E-state index contributed by atoms with van der Waals surface area (Å²) in [5.74, 6) is 2.58. The Morgan fingerprint density at radius 2 is 2.50 bits per heavy atom. The summed E-state index contributed by atoms with van der Waals surface area (Å²) in [6, 6.07) is 0.545. The maximum Gasteiger partial charge on any atom is 0.0710 e. The van der Waals surface area contributed by atoms with Crippen LogP contribution in [0.4, 0.5) is 0 Å². The van der Waals surface area contributed by atoms with Gasteiger partial charge in [-0.3, -0.25) is 4.90 Å². The molecule has 2 atom stereocenters. The molecule has 0 aromatic rings. The highest BCUT2D eigenvalue weighted by molar-refractivity contribution is 4.88. The van der Waals surface area contributed by atoms with Gasteiger partial charge in [-0.25, -0.2) is 0 Å². The fraction of sp³-hybridized carbons (Fsp3) is 0.818. The first-order valence-corrected chi connectivity index (χ1v) is 5.19. The minimum Gasteiger partial charge on any atom is -0.380 e. The van der Waals surface area contributed by atoms with E-state index >= 15 is 0 Å². The second-order valence-electron chi connectivity index (χ2n) is 3.83. The van der Waals surface area contributed by atoms with Crippen molar-refractivity contribution in [3.63, 3.8) is 0 Å². The Labute approximate surface area is 86.8 Å². The standard InChI is InChI=1S/C11H20N2O/c1-4-6-12-8-10(2)13-7-5-11(9-13)14-3/h1,10-12H,5-9H2,2-3H3. The van der Waals surface area contributed by atoms with Crippen LogP contribution >= 0.6 is 0 Å².